The van der Waals surface area contributed by atoms with E-state index in [2.05, 4.69) is 35.8 Å². The molecule has 0 unspecified atom stereocenters. The topological polar surface area (TPSA) is 108 Å². The molecule has 3 aromatic heterocycles. The number of H-pyrrole nitrogens is 1. The lowest BCUT2D eigenvalue weighted by Crippen LogP contribution is -2.21. The van der Waals surface area contributed by atoms with Gasteiger partial charge in [0.15, 0.2) is 5.82 Å². The Morgan fingerprint density at radius 1 is 1.17 bits per heavy atom. The Kier molecular flexibility index (Phi) is 4.78. The summed E-state index contributed by atoms with van der Waals surface area (Å²) in [6.07, 6.45) is 1.11. The van der Waals surface area contributed by atoms with Crippen LogP contribution in [0.5, 0.6) is 0 Å². The molecule has 0 atom stereocenters. The zero-order valence-corrected chi connectivity index (χ0v) is 15.4. The van der Waals surface area contributed by atoms with Gasteiger partial charge in [0.2, 0.25) is 12.2 Å². The molecule has 0 aliphatic carbocycles. The third-order valence-electron chi connectivity index (χ3n) is 4.22. The number of pyridine rings is 1. The van der Waals surface area contributed by atoms with Crippen molar-refractivity contribution < 1.29 is 18.0 Å². The van der Waals surface area contributed by atoms with E-state index in [0.29, 0.717) is 23.8 Å². The summed E-state index contributed by atoms with van der Waals surface area (Å²) in [4.78, 5) is 22.4. The van der Waals surface area contributed by atoms with E-state index in [1.54, 1.807) is 25.1 Å². The van der Waals surface area contributed by atoms with Crippen LogP contribution in [0.15, 0.2) is 42.6 Å². The van der Waals surface area contributed by atoms with E-state index in [1.165, 1.54) is 6.07 Å². The SMILES string of the molecule is Cc1cc(Nc2nc(C(F)(F)c3ccc(F)cn3)nc3c(NC=O)cccc23)n[nH]1. The second-order valence-corrected chi connectivity index (χ2v) is 6.36. The molecule has 0 aliphatic heterocycles. The second kappa shape index (κ2) is 7.43. The Morgan fingerprint density at radius 3 is 2.67 bits per heavy atom. The van der Waals surface area contributed by atoms with Crippen LogP contribution in [0, 0.1) is 12.7 Å². The maximum atomic E-state index is 15.1. The van der Waals surface area contributed by atoms with Gasteiger partial charge in [0.25, 0.3) is 0 Å². The summed E-state index contributed by atoms with van der Waals surface area (Å²) in [6, 6.07) is 8.17. The quantitative estimate of drug-likeness (QED) is 0.417. The molecule has 0 bridgehead atoms. The number of carbonyl (C=O) groups excluding carboxylic acids is 1. The number of halogens is 3. The average Bonchev–Trinajstić information content (AvgIpc) is 3.13. The van der Waals surface area contributed by atoms with Gasteiger partial charge in [-0.2, -0.15) is 13.9 Å². The molecule has 0 saturated carbocycles. The predicted molar refractivity (Wildman–Crippen MR) is 103 cm³/mol. The monoisotopic (exact) mass is 413 g/mol. The van der Waals surface area contributed by atoms with Gasteiger partial charge in [0, 0.05) is 17.1 Å². The van der Waals surface area contributed by atoms with Crippen LogP contribution >= 0.6 is 0 Å². The molecule has 4 aromatic rings. The first kappa shape index (κ1) is 19.3. The van der Waals surface area contributed by atoms with Gasteiger partial charge in [0.05, 0.1) is 17.4 Å². The zero-order valence-electron chi connectivity index (χ0n) is 15.4. The molecule has 0 fully saturated rings. The lowest BCUT2D eigenvalue weighted by atomic mass is 10.1. The molecule has 1 amide bonds. The maximum Gasteiger partial charge on any atom is 0.348 e. The number of aryl methyl sites for hydroxylation is 1. The summed E-state index contributed by atoms with van der Waals surface area (Å²) in [7, 11) is 0. The van der Waals surface area contributed by atoms with Crippen molar-refractivity contribution in [2.45, 2.75) is 12.8 Å². The molecule has 0 aliphatic rings. The molecular weight excluding hydrogens is 399 g/mol. The van der Waals surface area contributed by atoms with Crippen LogP contribution in [0.2, 0.25) is 0 Å². The van der Waals surface area contributed by atoms with Crippen molar-refractivity contribution in [3.8, 4) is 0 Å². The summed E-state index contributed by atoms with van der Waals surface area (Å²) in [5.41, 5.74) is 0.340. The summed E-state index contributed by atoms with van der Waals surface area (Å²) >= 11 is 0. The summed E-state index contributed by atoms with van der Waals surface area (Å²) < 4.78 is 43.4. The number of para-hydroxylation sites is 1. The zero-order chi connectivity index (χ0) is 21.3. The number of alkyl halides is 2. The van der Waals surface area contributed by atoms with Gasteiger partial charge >= 0.3 is 5.92 Å². The van der Waals surface area contributed by atoms with Crippen molar-refractivity contribution in [1.82, 2.24) is 25.1 Å². The Hall–Kier alpha value is -4.02. The molecule has 30 heavy (non-hydrogen) atoms. The number of benzene rings is 1. The minimum absolute atomic E-state index is 0.0536. The Bertz CT molecular complexity index is 1220. The number of nitrogens with zero attached hydrogens (tertiary/aromatic N) is 4. The summed E-state index contributed by atoms with van der Waals surface area (Å²) in [5.74, 6) is -4.94. The van der Waals surface area contributed by atoms with Crippen molar-refractivity contribution in [1.29, 1.82) is 0 Å². The van der Waals surface area contributed by atoms with Gasteiger partial charge in [-0.15, -0.1) is 0 Å². The Labute approximate surface area is 167 Å². The number of fused-ring (bicyclic) bond motifs is 1. The van der Waals surface area contributed by atoms with Crippen LogP contribution < -0.4 is 10.6 Å². The third kappa shape index (κ3) is 3.52. The van der Waals surface area contributed by atoms with Gasteiger partial charge in [-0.1, -0.05) is 6.07 Å². The molecule has 11 heteroatoms. The van der Waals surface area contributed by atoms with Crippen LogP contribution in [-0.2, 0) is 10.7 Å². The molecule has 0 spiro atoms. The number of aromatic amines is 1. The highest BCUT2D eigenvalue weighted by Gasteiger charge is 2.40. The standard InChI is InChI=1S/C19H14F3N7O/c1-10-7-15(29-28-10)25-17-12-3-2-4-13(24-9-30)16(12)26-18(27-17)19(21,22)14-6-5-11(20)8-23-14/h2-9H,1H3,(H,24,30)(H2,25,26,27,28,29). The Morgan fingerprint density at radius 2 is 2.00 bits per heavy atom. The largest absolute Gasteiger partial charge is 0.348 e. The number of hydrogen-bond donors (Lipinski definition) is 3. The fraction of sp³-hybridized carbons (Fsp3) is 0.105. The third-order valence-corrected chi connectivity index (χ3v) is 4.22. The van der Waals surface area contributed by atoms with Gasteiger partial charge < -0.3 is 10.6 Å². The van der Waals surface area contributed by atoms with Crippen molar-refractivity contribution >= 4 is 34.6 Å². The number of hydrogen-bond acceptors (Lipinski definition) is 6. The van der Waals surface area contributed by atoms with E-state index >= 15 is 8.78 Å². The number of amides is 1. The van der Waals surface area contributed by atoms with Crippen molar-refractivity contribution in [2.24, 2.45) is 0 Å². The van der Waals surface area contributed by atoms with Gasteiger partial charge in [0.1, 0.15) is 17.3 Å². The number of aromatic nitrogens is 5. The summed E-state index contributed by atoms with van der Waals surface area (Å²) in [6.45, 7) is 1.78. The lowest BCUT2D eigenvalue weighted by Gasteiger charge is -2.17. The minimum atomic E-state index is -3.73. The molecule has 4 rings (SSSR count). The number of nitrogens with one attached hydrogen (secondary N) is 3. The van der Waals surface area contributed by atoms with Crippen molar-refractivity contribution in [2.75, 3.05) is 10.6 Å². The van der Waals surface area contributed by atoms with Crippen LogP contribution in [0.4, 0.5) is 30.5 Å². The molecule has 3 N–H and O–H groups in total. The van der Waals surface area contributed by atoms with Crippen LogP contribution in [0.3, 0.4) is 0 Å². The molecule has 8 nitrogen and oxygen atoms in total. The molecule has 152 valence electrons. The highest BCUT2D eigenvalue weighted by molar-refractivity contribution is 6.00. The molecule has 3 heterocycles. The highest BCUT2D eigenvalue weighted by atomic mass is 19.3. The second-order valence-electron chi connectivity index (χ2n) is 6.36. The van der Waals surface area contributed by atoms with E-state index in [4.69, 9.17) is 0 Å². The smallest absolute Gasteiger partial charge is 0.327 e. The fourth-order valence-electron chi connectivity index (χ4n) is 2.85. The van der Waals surface area contributed by atoms with Gasteiger partial charge in [-0.3, -0.25) is 14.9 Å². The van der Waals surface area contributed by atoms with Crippen molar-refractivity contribution in [3.63, 3.8) is 0 Å². The van der Waals surface area contributed by atoms with E-state index in [0.717, 1.165) is 17.8 Å². The lowest BCUT2D eigenvalue weighted by molar-refractivity contribution is -0.105. The normalized spacial score (nSPS) is 11.5. The van der Waals surface area contributed by atoms with E-state index in [1.807, 2.05) is 0 Å². The minimum Gasteiger partial charge on any atom is -0.327 e. The Balaban J connectivity index is 1.91. The van der Waals surface area contributed by atoms with Crippen LogP contribution in [0.1, 0.15) is 17.2 Å². The van der Waals surface area contributed by atoms with Gasteiger partial charge in [-0.05, 0) is 31.2 Å². The first-order valence-corrected chi connectivity index (χ1v) is 8.69. The maximum absolute atomic E-state index is 15.1. The first-order chi connectivity index (χ1) is 14.4. The molecule has 0 radical (unpaired) electrons. The van der Waals surface area contributed by atoms with E-state index < -0.39 is 23.3 Å². The van der Waals surface area contributed by atoms with E-state index in [-0.39, 0.29) is 17.0 Å². The number of carbonyl (C=O) groups is 1. The summed E-state index contributed by atoms with van der Waals surface area (Å²) in [5, 5.41) is 12.5. The highest BCUT2D eigenvalue weighted by Crippen LogP contribution is 2.36. The van der Waals surface area contributed by atoms with Crippen molar-refractivity contribution in [3.05, 3.63) is 65.6 Å². The molecule has 0 saturated heterocycles. The predicted octanol–water partition coefficient (Wildman–Crippen LogP) is 3.65. The average molecular weight is 413 g/mol. The number of rotatable bonds is 6. The van der Waals surface area contributed by atoms with Gasteiger partial charge in [-0.25, -0.2) is 14.4 Å². The van der Waals surface area contributed by atoms with Crippen LogP contribution in [0.25, 0.3) is 10.9 Å². The van der Waals surface area contributed by atoms with E-state index in [9.17, 15) is 9.18 Å². The number of anilines is 3. The molecule has 1 aromatic carbocycles. The first-order valence-electron chi connectivity index (χ1n) is 8.69. The molecular formula is C19H14F3N7O. The fourth-order valence-corrected chi connectivity index (χ4v) is 2.85. The van der Waals surface area contributed by atoms with Crippen LogP contribution in [-0.4, -0.2) is 31.6 Å².